The van der Waals surface area contributed by atoms with Crippen LogP contribution in [-0.4, -0.2) is 36.3 Å². The van der Waals surface area contributed by atoms with Gasteiger partial charge < -0.3 is 14.4 Å². The highest BCUT2D eigenvalue weighted by Crippen LogP contribution is 2.26. The number of fused-ring (bicyclic) bond motifs is 2. The summed E-state index contributed by atoms with van der Waals surface area (Å²) in [7, 11) is 0. The van der Waals surface area contributed by atoms with E-state index in [1.165, 1.54) is 0 Å². The van der Waals surface area contributed by atoms with E-state index in [0.29, 0.717) is 18.8 Å². The lowest BCUT2D eigenvalue weighted by atomic mass is 10.2. The second-order valence-corrected chi connectivity index (χ2v) is 4.54. The Kier molecular flexibility index (Phi) is 2.73. The summed E-state index contributed by atoms with van der Waals surface area (Å²) in [5.41, 5.74) is 0. The highest BCUT2D eigenvalue weighted by molar-refractivity contribution is 5.70. The standard InChI is InChI=1S/C13H15NO3/c15-13(17-10-4-2-1-3-5-10)14-8-11-6-7-12(9-14)16-11/h1-5,11-12H,6-9H2. The van der Waals surface area contributed by atoms with Crippen molar-refractivity contribution in [2.24, 2.45) is 0 Å². The maximum atomic E-state index is 11.9. The molecule has 1 amide bonds. The van der Waals surface area contributed by atoms with Gasteiger partial charge in [-0.25, -0.2) is 4.79 Å². The number of rotatable bonds is 1. The van der Waals surface area contributed by atoms with Gasteiger partial charge in [0.15, 0.2) is 0 Å². The highest BCUT2D eigenvalue weighted by Gasteiger charge is 2.36. The molecular formula is C13H15NO3. The van der Waals surface area contributed by atoms with Crippen molar-refractivity contribution in [3.8, 4) is 5.75 Å². The molecular weight excluding hydrogens is 218 g/mol. The number of amides is 1. The molecule has 4 heteroatoms. The summed E-state index contributed by atoms with van der Waals surface area (Å²) in [6.07, 6.45) is 2.25. The summed E-state index contributed by atoms with van der Waals surface area (Å²) in [6, 6.07) is 9.17. The van der Waals surface area contributed by atoms with E-state index in [0.717, 1.165) is 12.8 Å². The summed E-state index contributed by atoms with van der Waals surface area (Å²) < 4.78 is 11.0. The molecule has 90 valence electrons. The van der Waals surface area contributed by atoms with Gasteiger partial charge in [0, 0.05) is 0 Å². The van der Waals surface area contributed by atoms with Gasteiger partial charge in [-0.3, -0.25) is 0 Å². The minimum atomic E-state index is -0.267. The number of carbonyl (C=O) groups excluding carboxylic acids is 1. The molecule has 2 unspecified atom stereocenters. The smallest absolute Gasteiger partial charge is 0.410 e. The Morgan fingerprint density at radius 3 is 2.47 bits per heavy atom. The summed E-state index contributed by atoms with van der Waals surface area (Å²) in [5, 5.41) is 0. The van der Waals surface area contributed by atoms with Gasteiger partial charge in [-0.2, -0.15) is 0 Å². The first-order valence-corrected chi connectivity index (χ1v) is 5.98. The van der Waals surface area contributed by atoms with E-state index >= 15 is 0 Å². The van der Waals surface area contributed by atoms with Crippen LogP contribution in [-0.2, 0) is 4.74 Å². The summed E-state index contributed by atoms with van der Waals surface area (Å²) >= 11 is 0. The predicted octanol–water partition coefficient (Wildman–Crippen LogP) is 2.05. The Balaban J connectivity index is 1.63. The quantitative estimate of drug-likeness (QED) is 0.745. The maximum Gasteiger partial charge on any atom is 0.415 e. The van der Waals surface area contributed by atoms with Gasteiger partial charge in [0.25, 0.3) is 0 Å². The molecule has 0 saturated carbocycles. The average molecular weight is 233 g/mol. The first-order chi connectivity index (χ1) is 8.31. The van der Waals surface area contributed by atoms with Crippen molar-refractivity contribution >= 4 is 6.09 Å². The number of benzene rings is 1. The molecule has 0 aromatic heterocycles. The summed E-state index contributed by atoms with van der Waals surface area (Å²) in [6.45, 7) is 1.31. The van der Waals surface area contributed by atoms with E-state index in [1.807, 2.05) is 18.2 Å². The molecule has 2 saturated heterocycles. The van der Waals surface area contributed by atoms with Crippen LogP contribution in [0.5, 0.6) is 5.75 Å². The van der Waals surface area contributed by atoms with Gasteiger partial charge in [0.05, 0.1) is 25.3 Å². The summed E-state index contributed by atoms with van der Waals surface area (Å²) in [5.74, 6) is 0.594. The molecule has 2 atom stereocenters. The lowest BCUT2D eigenvalue weighted by Gasteiger charge is -2.31. The molecule has 0 radical (unpaired) electrons. The number of likely N-dealkylation sites (tertiary alicyclic amines) is 1. The first-order valence-electron chi connectivity index (χ1n) is 5.98. The number of para-hydroxylation sites is 1. The number of morpholine rings is 1. The van der Waals surface area contributed by atoms with E-state index in [-0.39, 0.29) is 18.3 Å². The molecule has 17 heavy (non-hydrogen) atoms. The zero-order chi connectivity index (χ0) is 11.7. The Morgan fingerprint density at radius 2 is 1.82 bits per heavy atom. The molecule has 2 fully saturated rings. The third-order valence-corrected chi connectivity index (χ3v) is 3.25. The van der Waals surface area contributed by atoms with Gasteiger partial charge in [-0.05, 0) is 25.0 Å². The number of hydrogen-bond acceptors (Lipinski definition) is 3. The van der Waals surface area contributed by atoms with Crippen LogP contribution in [0.1, 0.15) is 12.8 Å². The predicted molar refractivity (Wildman–Crippen MR) is 61.9 cm³/mol. The van der Waals surface area contributed by atoms with E-state index in [1.54, 1.807) is 17.0 Å². The van der Waals surface area contributed by atoms with Crippen molar-refractivity contribution in [2.75, 3.05) is 13.1 Å². The number of hydrogen-bond donors (Lipinski definition) is 0. The Labute approximate surface area is 100 Å². The fraction of sp³-hybridized carbons (Fsp3) is 0.462. The molecule has 3 rings (SSSR count). The monoisotopic (exact) mass is 233 g/mol. The van der Waals surface area contributed by atoms with Crippen LogP contribution in [0.25, 0.3) is 0 Å². The molecule has 2 bridgehead atoms. The molecule has 2 aliphatic heterocycles. The largest absolute Gasteiger partial charge is 0.415 e. The topological polar surface area (TPSA) is 38.8 Å². The average Bonchev–Trinajstić information content (AvgIpc) is 2.69. The minimum absolute atomic E-state index is 0.206. The van der Waals surface area contributed by atoms with Crippen LogP contribution in [0.2, 0.25) is 0 Å². The van der Waals surface area contributed by atoms with Crippen LogP contribution >= 0.6 is 0 Å². The molecule has 1 aromatic rings. The van der Waals surface area contributed by atoms with Crippen LogP contribution < -0.4 is 4.74 Å². The number of carbonyl (C=O) groups is 1. The van der Waals surface area contributed by atoms with Crippen molar-refractivity contribution in [1.82, 2.24) is 4.90 Å². The Bertz CT molecular complexity index is 394. The fourth-order valence-electron chi connectivity index (χ4n) is 2.42. The molecule has 0 spiro atoms. The van der Waals surface area contributed by atoms with Crippen molar-refractivity contribution in [3.05, 3.63) is 30.3 Å². The third kappa shape index (κ3) is 2.26. The SMILES string of the molecule is O=C(Oc1ccccc1)N1CC2CCC(C1)O2. The van der Waals surface area contributed by atoms with Crippen molar-refractivity contribution in [2.45, 2.75) is 25.0 Å². The molecule has 0 aliphatic carbocycles. The van der Waals surface area contributed by atoms with Crippen molar-refractivity contribution < 1.29 is 14.3 Å². The normalized spacial score (nSPS) is 26.9. The molecule has 4 nitrogen and oxygen atoms in total. The van der Waals surface area contributed by atoms with E-state index in [2.05, 4.69) is 0 Å². The first kappa shape index (κ1) is 10.6. The van der Waals surface area contributed by atoms with Gasteiger partial charge in [-0.15, -0.1) is 0 Å². The van der Waals surface area contributed by atoms with Gasteiger partial charge in [0.2, 0.25) is 0 Å². The van der Waals surface area contributed by atoms with E-state index < -0.39 is 0 Å². The third-order valence-electron chi connectivity index (χ3n) is 3.25. The number of nitrogens with zero attached hydrogens (tertiary/aromatic N) is 1. The van der Waals surface area contributed by atoms with Gasteiger partial charge >= 0.3 is 6.09 Å². The minimum Gasteiger partial charge on any atom is -0.410 e. The fourth-order valence-corrected chi connectivity index (χ4v) is 2.42. The van der Waals surface area contributed by atoms with E-state index in [4.69, 9.17) is 9.47 Å². The van der Waals surface area contributed by atoms with Crippen LogP contribution in [0, 0.1) is 0 Å². The maximum absolute atomic E-state index is 11.9. The van der Waals surface area contributed by atoms with Gasteiger partial charge in [-0.1, -0.05) is 18.2 Å². The van der Waals surface area contributed by atoms with Gasteiger partial charge in [0.1, 0.15) is 5.75 Å². The zero-order valence-corrected chi connectivity index (χ0v) is 9.54. The summed E-state index contributed by atoms with van der Waals surface area (Å²) in [4.78, 5) is 13.7. The lowest BCUT2D eigenvalue weighted by Crippen LogP contribution is -2.46. The Hall–Kier alpha value is -1.55. The van der Waals surface area contributed by atoms with Crippen molar-refractivity contribution in [3.63, 3.8) is 0 Å². The number of ether oxygens (including phenoxy) is 2. The molecule has 2 heterocycles. The highest BCUT2D eigenvalue weighted by atomic mass is 16.6. The zero-order valence-electron chi connectivity index (χ0n) is 9.54. The van der Waals surface area contributed by atoms with Crippen LogP contribution in [0.4, 0.5) is 4.79 Å². The second kappa shape index (κ2) is 4.37. The van der Waals surface area contributed by atoms with Crippen LogP contribution in [0.15, 0.2) is 30.3 Å². The van der Waals surface area contributed by atoms with Crippen LogP contribution in [0.3, 0.4) is 0 Å². The molecule has 1 aromatic carbocycles. The van der Waals surface area contributed by atoms with Crippen molar-refractivity contribution in [1.29, 1.82) is 0 Å². The second-order valence-electron chi connectivity index (χ2n) is 4.54. The lowest BCUT2D eigenvalue weighted by molar-refractivity contribution is -0.0298. The molecule has 0 N–H and O–H groups in total. The Morgan fingerprint density at radius 1 is 1.18 bits per heavy atom. The van der Waals surface area contributed by atoms with E-state index in [9.17, 15) is 4.79 Å². The molecule has 2 aliphatic rings.